The van der Waals surface area contributed by atoms with Crippen LogP contribution >= 0.6 is 11.3 Å². The van der Waals surface area contributed by atoms with Gasteiger partial charge in [-0.1, -0.05) is 0 Å². The third-order valence-corrected chi connectivity index (χ3v) is 2.88. The molecule has 0 saturated carbocycles. The van der Waals surface area contributed by atoms with Crippen LogP contribution in [0.15, 0.2) is 23.7 Å². The highest BCUT2D eigenvalue weighted by Crippen LogP contribution is 2.18. The first-order valence-corrected chi connectivity index (χ1v) is 5.76. The Morgan fingerprint density at radius 1 is 1.39 bits per heavy atom. The van der Waals surface area contributed by atoms with Crippen molar-refractivity contribution in [3.63, 3.8) is 0 Å². The SMILES string of the molecule is Nc1cc(F)c(F)cc1C(=O)OCc1nccs1. The number of carbonyl (C=O) groups excluding carboxylic acids is 1. The summed E-state index contributed by atoms with van der Waals surface area (Å²) >= 11 is 1.32. The van der Waals surface area contributed by atoms with Gasteiger partial charge < -0.3 is 10.5 Å². The van der Waals surface area contributed by atoms with Crippen LogP contribution in [0.1, 0.15) is 15.4 Å². The number of nitrogens with two attached hydrogens (primary N) is 1. The van der Waals surface area contributed by atoms with E-state index in [-0.39, 0.29) is 17.9 Å². The second-order valence-corrected chi connectivity index (χ2v) is 4.33. The second-order valence-electron chi connectivity index (χ2n) is 3.36. The Bertz CT molecular complexity index is 573. The number of thiazole rings is 1. The maximum Gasteiger partial charge on any atom is 0.340 e. The Hall–Kier alpha value is -2.02. The minimum atomic E-state index is -1.15. The molecule has 0 bridgehead atoms. The number of halogens is 2. The number of nitrogen functional groups attached to an aromatic ring is 1. The van der Waals surface area contributed by atoms with E-state index in [0.717, 1.165) is 12.1 Å². The summed E-state index contributed by atoms with van der Waals surface area (Å²) in [5, 5.41) is 2.33. The van der Waals surface area contributed by atoms with E-state index in [0.29, 0.717) is 5.01 Å². The summed E-state index contributed by atoms with van der Waals surface area (Å²) in [6.07, 6.45) is 1.57. The number of rotatable bonds is 3. The summed E-state index contributed by atoms with van der Waals surface area (Å²) in [6, 6.07) is 1.46. The fourth-order valence-electron chi connectivity index (χ4n) is 1.27. The van der Waals surface area contributed by atoms with Crippen LogP contribution in [0.5, 0.6) is 0 Å². The van der Waals surface area contributed by atoms with Crippen LogP contribution in [0, 0.1) is 11.6 Å². The quantitative estimate of drug-likeness (QED) is 0.687. The van der Waals surface area contributed by atoms with Crippen molar-refractivity contribution in [3.8, 4) is 0 Å². The molecule has 0 radical (unpaired) electrons. The minimum absolute atomic E-state index is 0.0328. The number of benzene rings is 1. The predicted molar refractivity (Wildman–Crippen MR) is 62.0 cm³/mol. The summed E-state index contributed by atoms with van der Waals surface area (Å²) < 4.78 is 30.7. The van der Waals surface area contributed by atoms with Gasteiger partial charge in [-0.25, -0.2) is 18.6 Å². The number of hydrogen-bond donors (Lipinski definition) is 1. The van der Waals surface area contributed by atoms with E-state index >= 15 is 0 Å². The topological polar surface area (TPSA) is 65.2 Å². The number of carbonyl (C=O) groups is 1. The normalized spacial score (nSPS) is 10.3. The van der Waals surface area contributed by atoms with Crippen LogP contribution < -0.4 is 5.73 Å². The molecule has 1 heterocycles. The van der Waals surface area contributed by atoms with Crippen molar-refractivity contribution in [1.82, 2.24) is 4.98 Å². The Labute approximate surface area is 105 Å². The molecule has 0 aliphatic rings. The number of esters is 1. The Balaban J connectivity index is 2.11. The lowest BCUT2D eigenvalue weighted by molar-refractivity contribution is 0.0473. The standard InChI is InChI=1S/C11H8F2N2O2S/c12-7-3-6(9(14)4-8(7)13)11(16)17-5-10-15-1-2-18-10/h1-4H,5,14H2. The highest BCUT2D eigenvalue weighted by Gasteiger charge is 2.16. The van der Waals surface area contributed by atoms with Crippen LogP contribution in [0.25, 0.3) is 0 Å². The zero-order chi connectivity index (χ0) is 13.1. The van der Waals surface area contributed by atoms with E-state index in [1.807, 2.05) is 0 Å². The molecule has 0 aliphatic heterocycles. The number of nitrogens with zero attached hydrogens (tertiary/aromatic N) is 1. The molecular weight excluding hydrogens is 262 g/mol. The van der Waals surface area contributed by atoms with Gasteiger partial charge in [0.25, 0.3) is 0 Å². The van der Waals surface area contributed by atoms with E-state index in [1.165, 1.54) is 11.3 Å². The van der Waals surface area contributed by atoms with Crippen molar-refractivity contribution >= 4 is 23.0 Å². The number of anilines is 1. The lowest BCUT2D eigenvalue weighted by atomic mass is 10.1. The van der Waals surface area contributed by atoms with E-state index in [4.69, 9.17) is 10.5 Å². The zero-order valence-electron chi connectivity index (χ0n) is 9.02. The molecule has 2 N–H and O–H groups in total. The fraction of sp³-hybridized carbons (Fsp3) is 0.0909. The van der Waals surface area contributed by atoms with E-state index in [1.54, 1.807) is 11.6 Å². The van der Waals surface area contributed by atoms with Gasteiger partial charge in [0.2, 0.25) is 0 Å². The van der Waals surface area contributed by atoms with E-state index in [2.05, 4.69) is 4.98 Å². The molecule has 0 saturated heterocycles. The summed E-state index contributed by atoms with van der Waals surface area (Å²) in [4.78, 5) is 15.5. The van der Waals surface area contributed by atoms with E-state index in [9.17, 15) is 13.6 Å². The van der Waals surface area contributed by atoms with Crippen LogP contribution in [0.4, 0.5) is 14.5 Å². The van der Waals surface area contributed by atoms with Crippen molar-refractivity contribution < 1.29 is 18.3 Å². The average Bonchev–Trinajstić information content (AvgIpc) is 2.84. The Morgan fingerprint density at radius 3 is 2.78 bits per heavy atom. The smallest absolute Gasteiger partial charge is 0.340 e. The lowest BCUT2D eigenvalue weighted by Gasteiger charge is -2.06. The molecule has 2 rings (SSSR count). The highest BCUT2D eigenvalue weighted by molar-refractivity contribution is 7.09. The minimum Gasteiger partial charge on any atom is -0.455 e. The van der Waals surface area contributed by atoms with Crippen LogP contribution in [-0.4, -0.2) is 11.0 Å². The van der Waals surface area contributed by atoms with Crippen molar-refractivity contribution in [2.45, 2.75) is 6.61 Å². The monoisotopic (exact) mass is 270 g/mol. The number of hydrogen-bond acceptors (Lipinski definition) is 5. The van der Waals surface area contributed by atoms with Gasteiger partial charge in [-0.3, -0.25) is 0 Å². The summed E-state index contributed by atoms with van der Waals surface area (Å²) in [7, 11) is 0. The van der Waals surface area contributed by atoms with Gasteiger partial charge >= 0.3 is 5.97 Å². The van der Waals surface area contributed by atoms with Gasteiger partial charge in [0.1, 0.15) is 11.6 Å². The molecule has 18 heavy (non-hydrogen) atoms. The first-order valence-electron chi connectivity index (χ1n) is 4.88. The van der Waals surface area contributed by atoms with Crippen LogP contribution in [0.3, 0.4) is 0 Å². The molecule has 2 aromatic rings. The second kappa shape index (κ2) is 5.09. The average molecular weight is 270 g/mol. The highest BCUT2D eigenvalue weighted by atomic mass is 32.1. The molecule has 94 valence electrons. The Kier molecular flexibility index (Phi) is 3.52. The third-order valence-electron chi connectivity index (χ3n) is 2.12. The molecule has 7 heteroatoms. The molecule has 0 aliphatic carbocycles. The largest absolute Gasteiger partial charge is 0.455 e. The maximum atomic E-state index is 13.0. The summed E-state index contributed by atoms with van der Waals surface area (Å²) in [5.41, 5.74) is 5.05. The molecule has 0 spiro atoms. The van der Waals surface area contributed by atoms with Crippen molar-refractivity contribution in [3.05, 3.63) is 45.9 Å². The molecule has 1 aromatic heterocycles. The maximum absolute atomic E-state index is 13.0. The lowest BCUT2D eigenvalue weighted by Crippen LogP contribution is -2.09. The number of ether oxygens (including phenoxy) is 1. The van der Waals surface area contributed by atoms with Gasteiger partial charge in [0, 0.05) is 23.3 Å². The van der Waals surface area contributed by atoms with Gasteiger partial charge in [-0.05, 0) is 6.07 Å². The first-order chi connectivity index (χ1) is 8.58. The van der Waals surface area contributed by atoms with Gasteiger partial charge in [-0.2, -0.15) is 0 Å². The predicted octanol–water partition coefficient (Wildman–Crippen LogP) is 2.36. The molecular formula is C11H8F2N2O2S. The molecule has 0 atom stereocenters. The third kappa shape index (κ3) is 2.62. The first kappa shape index (κ1) is 12.4. The molecule has 4 nitrogen and oxygen atoms in total. The fourth-order valence-corrected chi connectivity index (χ4v) is 1.80. The molecule has 0 unspecified atom stereocenters. The molecule has 0 amide bonds. The van der Waals surface area contributed by atoms with Gasteiger partial charge in [0.05, 0.1) is 5.56 Å². The summed E-state index contributed by atoms with van der Waals surface area (Å²) in [5.74, 6) is -3.07. The summed E-state index contributed by atoms with van der Waals surface area (Å²) in [6.45, 7) is -0.0328. The zero-order valence-corrected chi connectivity index (χ0v) is 9.84. The van der Waals surface area contributed by atoms with Gasteiger partial charge in [0.15, 0.2) is 11.6 Å². The molecule has 0 fully saturated rings. The van der Waals surface area contributed by atoms with Crippen molar-refractivity contribution in [1.29, 1.82) is 0 Å². The van der Waals surface area contributed by atoms with Crippen LogP contribution in [-0.2, 0) is 11.3 Å². The Morgan fingerprint density at radius 2 is 2.11 bits per heavy atom. The van der Waals surface area contributed by atoms with Crippen LogP contribution in [0.2, 0.25) is 0 Å². The number of aromatic nitrogens is 1. The van der Waals surface area contributed by atoms with Crippen molar-refractivity contribution in [2.75, 3.05) is 5.73 Å². The van der Waals surface area contributed by atoms with Gasteiger partial charge in [-0.15, -0.1) is 11.3 Å². The van der Waals surface area contributed by atoms with Crippen molar-refractivity contribution in [2.24, 2.45) is 0 Å². The van der Waals surface area contributed by atoms with E-state index < -0.39 is 17.6 Å². The molecule has 1 aromatic carbocycles.